The van der Waals surface area contributed by atoms with Gasteiger partial charge in [-0.2, -0.15) is 20.5 Å². The highest BCUT2D eigenvalue weighted by molar-refractivity contribution is 5.92. The molecule has 2 rings (SSSR count). The summed E-state index contributed by atoms with van der Waals surface area (Å²) in [6.45, 7) is 0.169. The fraction of sp³-hybridized carbons (Fsp3) is 0.167. The van der Waals surface area contributed by atoms with Gasteiger partial charge < -0.3 is 5.11 Å². The Hall–Kier alpha value is -2.30. The van der Waals surface area contributed by atoms with Crippen molar-refractivity contribution in [1.82, 2.24) is 0 Å². The first kappa shape index (κ1) is 11.2. The Morgan fingerprint density at radius 1 is 1.06 bits per heavy atom. The third-order valence-corrected chi connectivity index (χ3v) is 2.33. The van der Waals surface area contributed by atoms with Gasteiger partial charge in [0.2, 0.25) is 0 Å². The molecule has 0 radical (unpaired) electrons. The van der Waals surface area contributed by atoms with Crippen molar-refractivity contribution in [2.75, 3.05) is 13.7 Å². The van der Waals surface area contributed by atoms with E-state index in [1.54, 1.807) is 13.1 Å². The quantitative estimate of drug-likeness (QED) is 0.800. The van der Waals surface area contributed by atoms with Crippen molar-refractivity contribution >= 4 is 16.5 Å². The van der Waals surface area contributed by atoms with E-state index in [0.717, 1.165) is 10.8 Å². The number of fused-ring (bicyclic) bond motifs is 1. The topological polar surface area (TPSA) is 69.7 Å². The van der Waals surface area contributed by atoms with Crippen molar-refractivity contribution in [2.45, 2.75) is 0 Å². The molecule has 17 heavy (non-hydrogen) atoms. The second-order valence-corrected chi connectivity index (χ2v) is 3.38. The van der Waals surface area contributed by atoms with Gasteiger partial charge >= 0.3 is 0 Å². The first-order valence-corrected chi connectivity index (χ1v) is 5.16. The molecule has 0 aliphatic carbocycles. The van der Waals surface area contributed by atoms with Crippen LogP contribution >= 0.6 is 0 Å². The van der Waals surface area contributed by atoms with E-state index in [4.69, 9.17) is 0 Å². The van der Waals surface area contributed by atoms with Gasteiger partial charge in [-0.15, -0.1) is 0 Å². The van der Waals surface area contributed by atoms with Crippen LogP contribution in [0.15, 0.2) is 56.9 Å². The summed E-state index contributed by atoms with van der Waals surface area (Å²) in [5.41, 5.74) is 0.440. The molecule has 0 bridgehead atoms. The predicted molar refractivity (Wildman–Crippen MR) is 65.8 cm³/mol. The van der Waals surface area contributed by atoms with Crippen LogP contribution in [0.25, 0.3) is 10.8 Å². The molecule has 0 spiro atoms. The van der Waals surface area contributed by atoms with E-state index in [2.05, 4.69) is 20.5 Å². The zero-order chi connectivity index (χ0) is 12.1. The molecule has 1 N–H and O–H groups in total. The normalized spacial score (nSPS) is 11.8. The lowest BCUT2D eigenvalue weighted by molar-refractivity contribution is 0.482. The van der Waals surface area contributed by atoms with Gasteiger partial charge in [0.15, 0.2) is 12.4 Å². The molecular weight excluding hydrogens is 216 g/mol. The number of rotatable bonds is 3. The molecule has 2 aromatic rings. The Balaban J connectivity index is 2.36. The number of nitrogens with zero attached hydrogens (tertiary/aromatic N) is 4. The SMILES string of the molecule is CN=NCN=Nc1ccc2ccccc2c1O. The minimum atomic E-state index is 0.139. The van der Waals surface area contributed by atoms with E-state index in [1.807, 2.05) is 30.3 Å². The van der Waals surface area contributed by atoms with Gasteiger partial charge in [0.25, 0.3) is 0 Å². The zero-order valence-corrected chi connectivity index (χ0v) is 9.41. The summed E-state index contributed by atoms with van der Waals surface area (Å²) in [5.74, 6) is 0.139. The summed E-state index contributed by atoms with van der Waals surface area (Å²) < 4.78 is 0. The summed E-state index contributed by atoms with van der Waals surface area (Å²) in [4.78, 5) is 0. The first-order valence-electron chi connectivity index (χ1n) is 5.16. The lowest BCUT2D eigenvalue weighted by Crippen LogP contribution is -1.75. The molecule has 0 fully saturated rings. The molecule has 0 heterocycles. The summed E-state index contributed by atoms with van der Waals surface area (Å²) in [6.07, 6.45) is 0. The molecule has 86 valence electrons. The Labute approximate surface area is 98.5 Å². The van der Waals surface area contributed by atoms with Crippen LogP contribution in [-0.4, -0.2) is 18.8 Å². The van der Waals surface area contributed by atoms with Crippen molar-refractivity contribution in [2.24, 2.45) is 20.5 Å². The second kappa shape index (κ2) is 5.16. The van der Waals surface area contributed by atoms with Crippen LogP contribution in [0.1, 0.15) is 0 Å². The van der Waals surface area contributed by atoms with Gasteiger partial charge in [0.1, 0.15) is 5.69 Å². The number of phenolic OH excluding ortho intramolecular Hbond substituents is 1. The summed E-state index contributed by atoms with van der Waals surface area (Å²) in [6, 6.07) is 11.2. The molecular formula is C12H12N4O. The fourth-order valence-electron chi connectivity index (χ4n) is 1.52. The average molecular weight is 228 g/mol. The van der Waals surface area contributed by atoms with Crippen LogP contribution in [-0.2, 0) is 0 Å². The van der Waals surface area contributed by atoms with Crippen LogP contribution in [0.4, 0.5) is 5.69 Å². The molecule has 0 amide bonds. The summed E-state index contributed by atoms with van der Waals surface area (Å²) in [5, 5.41) is 26.7. The van der Waals surface area contributed by atoms with Gasteiger partial charge in [-0.1, -0.05) is 30.3 Å². The van der Waals surface area contributed by atoms with Crippen LogP contribution in [0.2, 0.25) is 0 Å². The van der Waals surface area contributed by atoms with Crippen molar-refractivity contribution < 1.29 is 5.11 Å². The standard InChI is InChI=1S/C12H12N4O/c1-13-14-8-15-16-11-7-6-9-4-2-3-5-10(9)12(11)17/h2-7,17H,8H2,1H3. The third kappa shape index (κ3) is 2.44. The van der Waals surface area contributed by atoms with Gasteiger partial charge in [-0.25, -0.2) is 0 Å². The maximum absolute atomic E-state index is 10.00. The Morgan fingerprint density at radius 2 is 1.88 bits per heavy atom. The number of hydrogen-bond donors (Lipinski definition) is 1. The van der Waals surface area contributed by atoms with E-state index in [9.17, 15) is 5.11 Å². The summed E-state index contributed by atoms with van der Waals surface area (Å²) in [7, 11) is 1.57. The maximum Gasteiger partial charge on any atom is 0.171 e. The van der Waals surface area contributed by atoms with E-state index in [1.165, 1.54) is 0 Å². The van der Waals surface area contributed by atoms with Crippen LogP contribution in [0.5, 0.6) is 5.75 Å². The van der Waals surface area contributed by atoms with Gasteiger partial charge in [0, 0.05) is 12.4 Å². The Morgan fingerprint density at radius 3 is 2.71 bits per heavy atom. The third-order valence-electron chi connectivity index (χ3n) is 2.33. The molecule has 0 saturated carbocycles. The number of benzene rings is 2. The van der Waals surface area contributed by atoms with Crippen molar-refractivity contribution in [3.05, 3.63) is 36.4 Å². The largest absolute Gasteiger partial charge is 0.505 e. The van der Waals surface area contributed by atoms with Crippen LogP contribution in [0.3, 0.4) is 0 Å². The van der Waals surface area contributed by atoms with Gasteiger partial charge in [-0.3, -0.25) is 0 Å². The lowest BCUT2D eigenvalue weighted by Gasteiger charge is -2.02. The number of hydrogen-bond acceptors (Lipinski definition) is 5. The number of azo groups is 2. The first-order chi connectivity index (χ1) is 8.33. The molecule has 2 aromatic carbocycles. The van der Waals surface area contributed by atoms with Crippen molar-refractivity contribution in [3.8, 4) is 5.75 Å². The monoisotopic (exact) mass is 228 g/mol. The highest BCUT2D eigenvalue weighted by Gasteiger charge is 2.04. The lowest BCUT2D eigenvalue weighted by atomic mass is 10.1. The average Bonchev–Trinajstić information content (AvgIpc) is 2.37. The molecule has 0 saturated heterocycles. The highest BCUT2D eigenvalue weighted by atomic mass is 16.3. The smallest absolute Gasteiger partial charge is 0.171 e. The van der Waals surface area contributed by atoms with Crippen molar-refractivity contribution in [3.63, 3.8) is 0 Å². The molecule has 0 aliphatic heterocycles. The minimum absolute atomic E-state index is 0.139. The molecule has 0 aliphatic rings. The maximum atomic E-state index is 10.00. The fourth-order valence-corrected chi connectivity index (χ4v) is 1.52. The number of aromatic hydroxyl groups is 1. The molecule has 5 heteroatoms. The molecule has 0 aromatic heterocycles. The van der Waals surface area contributed by atoms with Gasteiger partial charge in [-0.05, 0) is 11.5 Å². The predicted octanol–water partition coefficient (Wildman–Crippen LogP) is 3.67. The molecule has 0 unspecified atom stereocenters. The summed E-state index contributed by atoms with van der Waals surface area (Å²) >= 11 is 0. The Kier molecular flexibility index (Phi) is 3.40. The minimum Gasteiger partial charge on any atom is -0.505 e. The van der Waals surface area contributed by atoms with E-state index < -0.39 is 0 Å². The van der Waals surface area contributed by atoms with Crippen LogP contribution < -0.4 is 0 Å². The van der Waals surface area contributed by atoms with Gasteiger partial charge in [0.05, 0.1) is 0 Å². The zero-order valence-electron chi connectivity index (χ0n) is 9.41. The van der Waals surface area contributed by atoms with Crippen molar-refractivity contribution in [1.29, 1.82) is 0 Å². The van der Waals surface area contributed by atoms with E-state index >= 15 is 0 Å². The Bertz CT molecular complexity index is 578. The molecule has 0 atom stereocenters. The highest BCUT2D eigenvalue weighted by Crippen LogP contribution is 2.34. The molecule has 5 nitrogen and oxygen atoms in total. The van der Waals surface area contributed by atoms with E-state index in [-0.39, 0.29) is 12.4 Å². The van der Waals surface area contributed by atoms with Crippen LogP contribution in [0, 0.1) is 0 Å². The van der Waals surface area contributed by atoms with E-state index in [0.29, 0.717) is 5.69 Å². The number of phenols is 1. The second-order valence-electron chi connectivity index (χ2n) is 3.38.